The van der Waals surface area contributed by atoms with Crippen LogP contribution in [0.3, 0.4) is 0 Å². The van der Waals surface area contributed by atoms with Crippen LogP contribution in [0.2, 0.25) is 0 Å². The van der Waals surface area contributed by atoms with Crippen LogP contribution in [0.15, 0.2) is 24.3 Å². The van der Waals surface area contributed by atoms with Crippen molar-refractivity contribution in [2.24, 2.45) is 0 Å². The van der Waals surface area contributed by atoms with E-state index in [0.29, 0.717) is 23.9 Å². The van der Waals surface area contributed by atoms with Gasteiger partial charge in [0.2, 0.25) is 0 Å². The number of phenols is 1. The molecule has 19 heavy (non-hydrogen) atoms. The van der Waals surface area contributed by atoms with Crippen LogP contribution in [0.1, 0.15) is 38.8 Å². The van der Waals surface area contributed by atoms with E-state index in [0.717, 1.165) is 19.5 Å². The minimum Gasteiger partial charge on any atom is -0.508 e. The topological polar surface area (TPSA) is 26.7 Å². The van der Waals surface area contributed by atoms with Crippen molar-refractivity contribution in [3.63, 3.8) is 0 Å². The standard InChI is InChI=1S/C16H26N2O/c1-5-16(14-6-8-15(19)9-7-14)18-10-12(2)17(4)13(3)11-18/h6-9,12-13,16,19H,5,10-11H2,1-4H3. The Morgan fingerprint density at radius 3 is 2.16 bits per heavy atom. The summed E-state index contributed by atoms with van der Waals surface area (Å²) in [6.45, 7) is 9.06. The van der Waals surface area contributed by atoms with E-state index < -0.39 is 0 Å². The van der Waals surface area contributed by atoms with Crippen molar-refractivity contribution in [1.82, 2.24) is 9.80 Å². The fourth-order valence-electron chi connectivity index (χ4n) is 3.10. The second-order valence-electron chi connectivity index (χ2n) is 5.83. The van der Waals surface area contributed by atoms with Crippen LogP contribution in [-0.4, -0.2) is 47.1 Å². The first-order chi connectivity index (χ1) is 9.02. The second-order valence-corrected chi connectivity index (χ2v) is 5.83. The first-order valence-corrected chi connectivity index (χ1v) is 7.27. The minimum atomic E-state index is 0.346. The summed E-state index contributed by atoms with van der Waals surface area (Å²) < 4.78 is 0. The van der Waals surface area contributed by atoms with Gasteiger partial charge in [-0.2, -0.15) is 0 Å². The number of piperazine rings is 1. The molecule has 0 bridgehead atoms. The fraction of sp³-hybridized carbons (Fsp3) is 0.625. The third kappa shape index (κ3) is 3.10. The summed E-state index contributed by atoms with van der Waals surface area (Å²) in [6, 6.07) is 9.33. The van der Waals surface area contributed by atoms with E-state index in [-0.39, 0.29) is 0 Å². The lowest BCUT2D eigenvalue weighted by Crippen LogP contribution is -2.55. The van der Waals surface area contributed by atoms with Crippen molar-refractivity contribution in [3.8, 4) is 5.75 Å². The number of rotatable bonds is 3. The highest BCUT2D eigenvalue weighted by molar-refractivity contribution is 5.28. The van der Waals surface area contributed by atoms with Crippen LogP contribution in [0.5, 0.6) is 5.75 Å². The molecule has 1 aromatic rings. The molecule has 0 radical (unpaired) electrons. The van der Waals surface area contributed by atoms with Crippen LogP contribution in [-0.2, 0) is 0 Å². The Hall–Kier alpha value is -1.06. The van der Waals surface area contributed by atoms with Gasteiger partial charge in [-0.1, -0.05) is 19.1 Å². The Balaban J connectivity index is 2.16. The third-order valence-corrected chi connectivity index (χ3v) is 4.49. The zero-order valence-electron chi connectivity index (χ0n) is 12.5. The van der Waals surface area contributed by atoms with Gasteiger partial charge in [0.15, 0.2) is 0 Å². The normalized spacial score (nSPS) is 27.4. The molecule has 3 unspecified atom stereocenters. The van der Waals surface area contributed by atoms with E-state index in [4.69, 9.17) is 0 Å². The Morgan fingerprint density at radius 2 is 1.68 bits per heavy atom. The molecule has 3 atom stereocenters. The number of hydrogen-bond acceptors (Lipinski definition) is 3. The summed E-state index contributed by atoms with van der Waals surface area (Å²) in [4.78, 5) is 5.04. The largest absolute Gasteiger partial charge is 0.508 e. The van der Waals surface area contributed by atoms with Gasteiger partial charge in [0.25, 0.3) is 0 Å². The number of phenolic OH excluding ortho intramolecular Hbond substituents is 1. The van der Waals surface area contributed by atoms with Crippen molar-refractivity contribution in [3.05, 3.63) is 29.8 Å². The van der Waals surface area contributed by atoms with E-state index in [2.05, 4.69) is 49.8 Å². The van der Waals surface area contributed by atoms with Crippen LogP contribution in [0.25, 0.3) is 0 Å². The van der Waals surface area contributed by atoms with Crippen molar-refractivity contribution in [1.29, 1.82) is 0 Å². The maximum Gasteiger partial charge on any atom is 0.115 e. The molecule has 1 fully saturated rings. The number of likely N-dealkylation sites (N-methyl/N-ethyl adjacent to an activating group) is 1. The number of benzene rings is 1. The van der Waals surface area contributed by atoms with E-state index in [1.807, 2.05) is 0 Å². The zero-order chi connectivity index (χ0) is 14.0. The highest BCUT2D eigenvalue weighted by atomic mass is 16.3. The van der Waals surface area contributed by atoms with Gasteiger partial charge in [0.05, 0.1) is 0 Å². The molecule has 0 aliphatic carbocycles. The highest BCUT2D eigenvalue weighted by Gasteiger charge is 2.30. The molecule has 1 aliphatic rings. The molecule has 0 spiro atoms. The number of aromatic hydroxyl groups is 1. The molecule has 0 aromatic heterocycles. The second kappa shape index (κ2) is 5.93. The van der Waals surface area contributed by atoms with E-state index in [1.54, 1.807) is 12.1 Å². The first kappa shape index (κ1) is 14.4. The van der Waals surface area contributed by atoms with Crippen molar-refractivity contribution in [2.75, 3.05) is 20.1 Å². The maximum atomic E-state index is 9.42. The maximum absolute atomic E-state index is 9.42. The molecule has 0 amide bonds. The number of hydrogen-bond donors (Lipinski definition) is 1. The lowest BCUT2D eigenvalue weighted by molar-refractivity contribution is 0.0319. The smallest absolute Gasteiger partial charge is 0.115 e. The zero-order valence-corrected chi connectivity index (χ0v) is 12.5. The Labute approximate surface area is 116 Å². The molecule has 0 saturated carbocycles. The molecular formula is C16H26N2O. The molecule has 3 nitrogen and oxygen atoms in total. The summed E-state index contributed by atoms with van der Waals surface area (Å²) in [5.74, 6) is 0.346. The van der Waals surface area contributed by atoms with E-state index in [9.17, 15) is 5.11 Å². The van der Waals surface area contributed by atoms with Crippen molar-refractivity contribution in [2.45, 2.75) is 45.3 Å². The molecule has 1 N–H and O–H groups in total. The van der Waals surface area contributed by atoms with Gasteiger partial charge in [0.1, 0.15) is 5.75 Å². The molecule has 1 heterocycles. The van der Waals surface area contributed by atoms with Crippen LogP contribution in [0.4, 0.5) is 0 Å². The minimum absolute atomic E-state index is 0.346. The Bertz CT molecular complexity index is 392. The van der Waals surface area contributed by atoms with Crippen molar-refractivity contribution < 1.29 is 5.11 Å². The summed E-state index contributed by atoms with van der Waals surface area (Å²) >= 11 is 0. The lowest BCUT2D eigenvalue weighted by atomic mass is 9.99. The van der Waals surface area contributed by atoms with E-state index >= 15 is 0 Å². The average molecular weight is 262 g/mol. The summed E-state index contributed by atoms with van der Waals surface area (Å²) in [7, 11) is 2.22. The van der Waals surface area contributed by atoms with Gasteiger partial charge in [-0.3, -0.25) is 9.80 Å². The van der Waals surface area contributed by atoms with Crippen molar-refractivity contribution >= 4 is 0 Å². The van der Waals surface area contributed by atoms with Crippen LogP contribution in [0, 0.1) is 0 Å². The molecular weight excluding hydrogens is 236 g/mol. The van der Waals surface area contributed by atoms with Gasteiger partial charge < -0.3 is 5.11 Å². The molecule has 1 aromatic carbocycles. The van der Waals surface area contributed by atoms with E-state index in [1.165, 1.54) is 5.56 Å². The van der Waals surface area contributed by atoms with Gasteiger partial charge in [-0.25, -0.2) is 0 Å². The SMILES string of the molecule is CCC(c1ccc(O)cc1)N1CC(C)N(C)C(C)C1. The number of nitrogens with zero attached hydrogens (tertiary/aromatic N) is 2. The molecule has 2 rings (SSSR count). The monoisotopic (exact) mass is 262 g/mol. The fourth-order valence-corrected chi connectivity index (χ4v) is 3.10. The summed E-state index contributed by atoms with van der Waals surface area (Å²) in [6.07, 6.45) is 1.11. The van der Waals surface area contributed by atoms with Gasteiger partial charge in [-0.05, 0) is 45.0 Å². The van der Waals surface area contributed by atoms with Gasteiger partial charge in [0, 0.05) is 31.2 Å². The van der Waals surface area contributed by atoms with Gasteiger partial charge in [-0.15, -0.1) is 0 Å². The first-order valence-electron chi connectivity index (χ1n) is 7.27. The quantitative estimate of drug-likeness (QED) is 0.907. The highest BCUT2D eigenvalue weighted by Crippen LogP contribution is 2.29. The molecule has 1 saturated heterocycles. The summed E-state index contributed by atoms with van der Waals surface area (Å²) in [5.41, 5.74) is 1.31. The Kier molecular flexibility index (Phi) is 4.48. The Morgan fingerprint density at radius 1 is 1.16 bits per heavy atom. The van der Waals surface area contributed by atoms with Gasteiger partial charge >= 0.3 is 0 Å². The predicted octanol–water partition coefficient (Wildman–Crippen LogP) is 2.87. The average Bonchev–Trinajstić information content (AvgIpc) is 2.39. The molecule has 1 aliphatic heterocycles. The lowest BCUT2D eigenvalue weighted by Gasteiger charge is -2.45. The predicted molar refractivity (Wildman–Crippen MR) is 79.4 cm³/mol. The molecule has 106 valence electrons. The third-order valence-electron chi connectivity index (χ3n) is 4.49. The summed E-state index contributed by atoms with van der Waals surface area (Å²) in [5, 5.41) is 9.42. The van der Waals surface area contributed by atoms with Crippen LogP contribution < -0.4 is 0 Å². The van der Waals surface area contributed by atoms with Crippen LogP contribution >= 0.6 is 0 Å². The molecule has 3 heteroatoms.